The van der Waals surface area contributed by atoms with Crippen LogP contribution in [-0.2, 0) is 15.5 Å². The zero-order valence-electron chi connectivity index (χ0n) is 25.1. The predicted molar refractivity (Wildman–Crippen MR) is 165 cm³/mol. The molecule has 0 radical (unpaired) electrons. The van der Waals surface area contributed by atoms with Gasteiger partial charge in [-0.05, 0) is 77.7 Å². The zero-order chi connectivity index (χ0) is 28.2. The zero-order valence-corrected chi connectivity index (χ0v) is 28.7. The van der Waals surface area contributed by atoms with Gasteiger partial charge in [-0.2, -0.15) is 0 Å². The van der Waals surface area contributed by atoms with E-state index in [9.17, 15) is 0 Å². The first-order chi connectivity index (χ1) is 16.9. The molecule has 2 rings (SSSR count). The summed E-state index contributed by atoms with van der Waals surface area (Å²) < 4.78 is 26.2. The summed E-state index contributed by atoms with van der Waals surface area (Å²) in [5, 5.41) is 0.270. The molecule has 7 heteroatoms. The fourth-order valence-corrected chi connectivity index (χ4v) is 6.33. The standard InChI is InChI=1S/C30H49BrO4Si2/c1-22(20-34-36(9,10)29(2,3)4)28(35-37(11,12)30(5,6)7)24-17-25(31)19-27(18-24)33-21-23-13-15-26(32-8)16-14-23/h13-19,22,28H,20-21H2,1-12H3/t22-,28-/m1/s1. The SMILES string of the molecule is COc1ccc(COc2cc(Br)cc([C@H](O[Si](C)(C)C(C)(C)C)[C@H](C)CO[Si](C)(C)C(C)(C)C)c2)cc1. The van der Waals surface area contributed by atoms with Crippen LogP contribution in [0.15, 0.2) is 46.9 Å². The molecule has 0 N–H and O–H groups in total. The third kappa shape index (κ3) is 8.95. The van der Waals surface area contributed by atoms with Gasteiger partial charge < -0.3 is 18.3 Å². The van der Waals surface area contributed by atoms with E-state index in [2.05, 4.69) is 103 Å². The van der Waals surface area contributed by atoms with Gasteiger partial charge in [-0.3, -0.25) is 0 Å². The Bertz CT molecular complexity index is 1010. The topological polar surface area (TPSA) is 36.9 Å². The van der Waals surface area contributed by atoms with E-state index in [0.717, 1.165) is 27.1 Å². The minimum Gasteiger partial charge on any atom is -0.497 e. The third-order valence-electron chi connectivity index (χ3n) is 8.04. The van der Waals surface area contributed by atoms with Crippen LogP contribution in [0.4, 0.5) is 0 Å². The molecule has 0 fully saturated rings. The number of hydrogen-bond acceptors (Lipinski definition) is 4. The monoisotopic (exact) mass is 608 g/mol. The average molecular weight is 610 g/mol. The van der Waals surface area contributed by atoms with Gasteiger partial charge in [0.1, 0.15) is 18.1 Å². The molecule has 0 aliphatic carbocycles. The van der Waals surface area contributed by atoms with Gasteiger partial charge in [-0.1, -0.05) is 76.5 Å². The highest BCUT2D eigenvalue weighted by Crippen LogP contribution is 2.43. The maximum atomic E-state index is 7.08. The molecule has 37 heavy (non-hydrogen) atoms. The third-order valence-corrected chi connectivity index (χ3v) is 17.5. The Morgan fingerprint density at radius 3 is 1.89 bits per heavy atom. The van der Waals surface area contributed by atoms with Gasteiger partial charge in [0.15, 0.2) is 16.6 Å². The van der Waals surface area contributed by atoms with Crippen molar-refractivity contribution < 1.29 is 18.3 Å². The number of halogens is 1. The van der Waals surface area contributed by atoms with Crippen molar-refractivity contribution in [2.45, 2.75) is 97.4 Å². The van der Waals surface area contributed by atoms with E-state index in [1.165, 1.54) is 0 Å². The molecule has 0 heterocycles. The molecule has 2 atom stereocenters. The van der Waals surface area contributed by atoms with Crippen LogP contribution in [0.3, 0.4) is 0 Å². The van der Waals surface area contributed by atoms with E-state index >= 15 is 0 Å². The molecule has 2 aromatic carbocycles. The van der Waals surface area contributed by atoms with E-state index in [4.69, 9.17) is 18.3 Å². The van der Waals surface area contributed by atoms with Crippen molar-refractivity contribution in [2.75, 3.05) is 13.7 Å². The van der Waals surface area contributed by atoms with Gasteiger partial charge in [-0.25, -0.2) is 0 Å². The maximum Gasteiger partial charge on any atom is 0.192 e. The largest absolute Gasteiger partial charge is 0.497 e. The molecule has 0 saturated heterocycles. The summed E-state index contributed by atoms with van der Waals surface area (Å²) >= 11 is 3.73. The summed E-state index contributed by atoms with van der Waals surface area (Å²) in [6, 6.07) is 14.3. The minimum atomic E-state index is -2.05. The Labute approximate surface area is 236 Å². The molecule has 0 spiro atoms. The molecule has 0 saturated carbocycles. The second-order valence-corrected chi connectivity index (χ2v) is 23.7. The lowest BCUT2D eigenvalue weighted by Crippen LogP contribution is -2.45. The highest BCUT2D eigenvalue weighted by Gasteiger charge is 2.42. The number of rotatable bonds is 11. The van der Waals surface area contributed by atoms with Crippen molar-refractivity contribution >= 4 is 32.6 Å². The molecular formula is C30H49BrO4Si2. The van der Waals surface area contributed by atoms with Gasteiger partial charge >= 0.3 is 0 Å². The molecule has 0 aliphatic heterocycles. The van der Waals surface area contributed by atoms with Crippen molar-refractivity contribution in [3.05, 3.63) is 58.1 Å². The molecule has 4 nitrogen and oxygen atoms in total. The summed E-state index contributed by atoms with van der Waals surface area (Å²) in [4.78, 5) is 0. The van der Waals surface area contributed by atoms with Gasteiger partial charge in [0.05, 0.1) is 13.2 Å². The number of ether oxygens (including phenoxy) is 2. The second-order valence-electron chi connectivity index (χ2n) is 13.2. The van der Waals surface area contributed by atoms with Crippen molar-refractivity contribution in [3.8, 4) is 11.5 Å². The van der Waals surface area contributed by atoms with Crippen molar-refractivity contribution in [2.24, 2.45) is 5.92 Å². The maximum absolute atomic E-state index is 7.08. The predicted octanol–water partition coefficient (Wildman–Crippen LogP) is 9.76. The summed E-state index contributed by atoms with van der Waals surface area (Å²) in [6.07, 6.45) is -0.0912. The minimum absolute atomic E-state index is 0.0912. The van der Waals surface area contributed by atoms with E-state index in [0.29, 0.717) is 13.2 Å². The fraction of sp³-hybridized carbons (Fsp3) is 0.600. The van der Waals surface area contributed by atoms with Crippen LogP contribution in [0.5, 0.6) is 11.5 Å². The summed E-state index contributed by atoms with van der Waals surface area (Å²) in [7, 11) is -2.25. The Kier molecular flexibility index (Phi) is 10.7. The average Bonchev–Trinajstić information content (AvgIpc) is 2.78. The number of benzene rings is 2. The van der Waals surface area contributed by atoms with Crippen LogP contribution < -0.4 is 9.47 Å². The van der Waals surface area contributed by atoms with Crippen molar-refractivity contribution in [1.82, 2.24) is 0 Å². The Balaban J connectivity index is 2.34. The molecule has 0 unspecified atom stereocenters. The second kappa shape index (κ2) is 12.4. The quantitative estimate of drug-likeness (QED) is 0.238. The smallest absolute Gasteiger partial charge is 0.192 e. The first-order valence-corrected chi connectivity index (χ1v) is 19.9. The molecule has 0 amide bonds. The van der Waals surface area contributed by atoms with Crippen LogP contribution >= 0.6 is 15.9 Å². The van der Waals surface area contributed by atoms with Crippen molar-refractivity contribution in [1.29, 1.82) is 0 Å². The summed E-state index contributed by atoms with van der Waals surface area (Å²) in [5.74, 6) is 1.85. The number of methoxy groups -OCH3 is 1. The number of hydrogen-bond donors (Lipinski definition) is 0. The molecule has 0 aliphatic rings. The molecule has 0 bridgehead atoms. The van der Waals surface area contributed by atoms with Gasteiger partial charge in [0.25, 0.3) is 0 Å². The molecule has 0 aromatic heterocycles. The lowest BCUT2D eigenvalue weighted by molar-refractivity contribution is 0.0877. The van der Waals surface area contributed by atoms with Crippen molar-refractivity contribution in [3.63, 3.8) is 0 Å². The van der Waals surface area contributed by atoms with E-state index in [1.54, 1.807) is 7.11 Å². The van der Waals surface area contributed by atoms with Crippen LogP contribution in [0, 0.1) is 5.92 Å². The van der Waals surface area contributed by atoms with Crippen LogP contribution in [0.1, 0.15) is 65.7 Å². The van der Waals surface area contributed by atoms with Crippen LogP contribution in [-0.4, -0.2) is 30.4 Å². The molecule has 2 aromatic rings. The van der Waals surface area contributed by atoms with E-state index < -0.39 is 16.6 Å². The highest BCUT2D eigenvalue weighted by atomic mass is 79.9. The lowest BCUT2D eigenvalue weighted by atomic mass is 9.98. The van der Waals surface area contributed by atoms with Crippen LogP contribution in [0.2, 0.25) is 36.3 Å². The molecule has 208 valence electrons. The van der Waals surface area contributed by atoms with Gasteiger partial charge in [-0.15, -0.1) is 0 Å². The normalized spacial score (nSPS) is 14.8. The fourth-order valence-electron chi connectivity index (χ4n) is 3.37. The summed E-state index contributed by atoms with van der Waals surface area (Å²) in [6.45, 7) is 26.4. The Hall–Kier alpha value is -1.13. The van der Waals surface area contributed by atoms with Gasteiger partial charge in [0, 0.05) is 17.0 Å². The summed E-state index contributed by atoms with van der Waals surface area (Å²) in [5.41, 5.74) is 2.21. The molecular weight excluding hydrogens is 560 g/mol. The first-order valence-electron chi connectivity index (χ1n) is 13.2. The van der Waals surface area contributed by atoms with Crippen LogP contribution in [0.25, 0.3) is 0 Å². The Morgan fingerprint density at radius 2 is 1.38 bits per heavy atom. The van der Waals surface area contributed by atoms with Gasteiger partial charge in [0.2, 0.25) is 0 Å². The van der Waals surface area contributed by atoms with E-state index in [1.807, 2.05) is 30.3 Å². The van der Waals surface area contributed by atoms with E-state index in [-0.39, 0.29) is 22.1 Å². The first kappa shape index (κ1) is 32.1. The Morgan fingerprint density at radius 1 is 0.811 bits per heavy atom. The lowest BCUT2D eigenvalue weighted by Gasteiger charge is -2.42. The highest BCUT2D eigenvalue weighted by molar-refractivity contribution is 9.10.